The van der Waals surface area contributed by atoms with Crippen molar-refractivity contribution in [3.8, 4) is 0 Å². The molecule has 0 spiro atoms. The first kappa shape index (κ1) is 22.1. The summed E-state index contributed by atoms with van der Waals surface area (Å²) in [4.78, 5) is 37.2. The molecule has 2 amide bonds. The van der Waals surface area contributed by atoms with Crippen LogP contribution in [0.25, 0.3) is 0 Å². The Labute approximate surface area is 202 Å². The zero-order valence-electron chi connectivity index (χ0n) is 19.0. The number of aliphatic imine (C=N–C) groups is 2. The van der Waals surface area contributed by atoms with Gasteiger partial charge in [-0.05, 0) is 43.2 Å². The number of anilines is 1. The van der Waals surface area contributed by atoms with Crippen molar-refractivity contribution in [3.05, 3.63) is 95.1 Å². The van der Waals surface area contributed by atoms with Gasteiger partial charge < -0.3 is 5.32 Å². The Kier molecular flexibility index (Phi) is 6.02. The Morgan fingerprint density at radius 3 is 2.59 bits per heavy atom. The Morgan fingerprint density at radius 2 is 1.79 bits per heavy atom. The molecule has 6 nitrogen and oxygen atoms in total. The average Bonchev–Trinajstić information content (AvgIpc) is 3.16. The monoisotopic (exact) mass is 468 g/mol. The van der Waals surface area contributed by atoms with Crippen molar-refractivity contribution < 1.29 is 9.59 Å². The van der Waals surface area contributed by atoms with Gasteiger partial charge in [0, 0.05) is 17.7 Å². The Morgan fingerprint density at radius 1 is 1.03 bits per heavy atom. The molecule has 0 aromatic heterocycles. The minimum atomic E-state index is -0.515. The molecule has 3 aromatic rings. The van der Waals surface area contributed by atoms with Crippen molar-refractivity contribution in [3.63, 3.8) is 0 Å². The van der Waals surface area contributed by atoms with Crippen molar-refractivity contribution in [1.82, 2.24) is 4.90 Å². The van der Waals surface area contributed by atoms with Crippen LogP contribution in [0.3, 0.4) is 0 Å². The Balaban J connectivity index is 1.36. The smallest absolute Gasteiger partial charge is 0.259 e. The van der Waals surface area contributed by atoms with Crippen molar-refractivity contribution in [2.24, 2.45) is 9.98 Å². The highest BCUT2D eigenvalue weighted by molar-refractivity contribution is 8.14. The van der Waals surface area contributed by atoms with E-state index in [0.29, 0.717) is 17.4 Å². The molecule has 0 saturated carbocycles. The number of amidine groups is 2. The van der Waals surface area contributed by atoms with Gasteiger partial charge >= 0.3 is 0 Å². The molecule has 1 N–H and O–H groups in total. The minimum absolute atomic E-state index is 0.116. The van der Waals surface area contributed by atoms with E-state index in [0.717, 1.165) is 33.6 Å². The number of nitrogens with zero attached hydrogens (tertiary/aromatic N) is 3. The van der Waals surface area contributed by atoms with E-state index >= 15 is 0 Å². The van der Waals surface area contributed by atoms with Crippen LogP contribution in [-0.2, 0) is 16.0 Å². The molecular formula is C27H24N4O2S. The number of hydrogen-bond donors (Lipinski definition) is 1. The molecule has 3 aromatic carbocycles. The Bertz CT molecular complexity index is 1330. The number of carbonyl (C=O) groups excluding carboxylic acids is 2. The summed E-state index contributed by atoms with van der Waals surface area (Å²) in [5.74, 6) is 0.474. The van der Waals surface area contributed by atoms with E-state index in [1.807, 2.05) is 86.6 Å². The van der Waals surface area contributed by atoms with E-state index in [4.69, 9.17) is 9.98 Å². The Hall–Kier alpha value is -3.71. The molecule has 0 radical (unpaired) electrons. The molecule has 2 aliphatic rings. The lowest BCUT2D eigenvalue weighted by Gasteiger charge is -2.25. The largest absolute Gasteiger partial charge is 0.325 e. The number of thioether (sulfide) groups is 1. The summed E-state index contributed by atoms with van der Waals surface area (Å²) < 4.78 is 0. The van der Waals surface area contributed by atoms with Gasteiger partial charge in [-0.1, -0.05) is 71.9 Å². The SMILES string of the molecule is Cc1ccc(NC(=O)CSC2=Nc3ccccc3C3=NC(Cc4ccccc4)C(=O)N23)c(C)c1. The molecule has 1 unspecified atom stereocenters. The summed E-state index contributed by atoms with van der Waals surface area (Å²) in [5.41, 5.74) is 5.57. The van der Waals surface area contributed by atoms with Gasteiger partial charge in [0.05, 0.1) is 11.4 Å². The number of hydrogen-bond acceptors (Lipinski definition) is 5. The molecule has 0 bridgehead atoms. The van der Waals surface area contributed by atoms with E-state index in [9.17, 15) is 9.59 Å². The molecule has 2 aliphatic heterocycles. The summed E-state index contributed by atoms with van der Waals surface area (Å²) in [6, 6.07) is 22.9. The van der Waals surface area contributed by atoms with Crippen LogP contribution in [0.5, 0.6) is 0 Å². The number of carbonyl (C=O) groups is 2. The summed E-state index contributed by atoms with van der Waals surface area (Å²) in [6.45, 7) is 3.99. The lowest BCUT2D eigenvalue weighted by Crippen LogP contribution is -2.41. The van der Waals surface area contributed by atoms with Crippen LogP contribution in [0.2, 0.25) is 0 Å². The van der Waals surface area contributed by atoms with Crippen molar-refractivity contribution in [2.45, 2.75) is 26.3 Å². The maximum absolute atomic E-state index is 13.4. The van der Waals surface area contributed by atoms with Crippen LogP contribution in [0, 0.1) is 13.8 Å². The topological polar surface area (TPSA) is 74.1 Å². The maximum Gasteiger partial charge on any atom is 0.259 e. The zero-order chi connectivity index (χ0) is 23.7. The molecule has 0 aliphatic carbocycles. The molecule has 0 saturated heterocycles. The van der Waals surface area contributed by atoms with Crippen LogP contribution >= 0.6 is 11.8 Å². The number of nitrogens with one attached hydrogen (secondary N) is 1. The van der Waals surface area contributed by atoms with Gasteiger partial charge in [0.1, 0.15) is 11.9 Å². The third-order valence-electron chi connectivity index (χ3n) is 5.81. The molecule has 1 atom stereocenters. The molecule has 2 heterocycles. The van der Waals surface area contributed by atoms with Gasteiger partial charge in [-0.25, -0.2) is 9.89 Å². The fourth-order valence-electron chi connectivity index (χ4n) is 4.14. The van der Waals surface area contributed by atoms with E-state index < -0.39 is 6.04 Å². The summed E-state index contributed by atoms with van der Waals surface area (Å²) in [7, 11) is 0. The minimum Gasteiger partial charge on any atom is -0.325 e. The lowest BCUT2D eigenvalue weighted by molar-refractivity contribution is -0.124. The first-order valence-electron chi connectivity index (χ1n) is 11.1. The third kappa shape index (κ3) is 4.39. The van der Waals surface area contributed by atoms with E-state index in [1.165, 1.54) is 11.8 Å². The van der Waals surface area contributed by atoms with Crippen molar-refractivity contribution >= 4 is 46.0 Å². The zero-order valence-corrected chi connectivity index (χ0v) is 19.8. The highest BCUT2D eigenvalue weighted by atomic mass is 32.2. The second-order valence-electron chi connectivity index (χ2n) is 8.40. The highest BCUT2D eigenvalue weighted by Crippen LogP contribution is 2.34. The second kappa shape index (κ2) is 9.27. The fourth-order valence-corrected chi connectivity index (χ4v) is 4.94. The highest BCUT2D eigenvalue weighted by Gasteiger charge is 2.41. The van der Waals surface area contributed by atoms with Gasteiger partial charge in [-0.2, -0.15) is 0 Å². The van der Waals surface area contributed by atoms with Crippen LogP contribution in [0.15, 0.2) is 82.8 Å². The number of para-hydroxylation sites is 1. The maximum atomic E-state index is 13.4. The van der Waals surface area contributed by atoms with Gasteiger partial charge in [-0.3, -0.25) is 14.6 Å². The average molecular weight is 469 g/mol. The van der Waals surface area contributed by atoms with Crippen molar-refractivity contribution in [2.75, 3.05) is 11.1 Å². The predicted octanol–water partition coefficient (Wildman–Crippen LogP) is 4.88. The normalized spacial score (nSPS) is 16.5. The first-order valence-corrected chi connectivity index (χ1v) is 12.1. The van der Waals surface area contributed by atoms with Crippen LogP contribution in [0.4, 0.5) is 11.4 Å². The molecule has 0 fully saturated rings. The van der Waals surface area contributed by atoms with Gasteiger partial charge in [-0.15, -0.1) is 0 Å². The number of aryl methyl sites for hydroxylation is 2. The molecule has 170 valence electrons. The first-order chi connectivity index (χ1) is 16.5. The van der Waals surface area contributed by atoms with Gasteiger partial charge in [0.15, 0.2) is 5.17 Å². The van der Waals surface area contributed by atoms with E-state index in [1.54, 1.807) is 4.90 Å². The third-order valence-corrected chi connectivity index (χ3v) is 6.75. The molecule has 5 rings (SSSR count). The van der Waals surface area contributed by atoms with E-state index in [-0.39, 0.29) is 17.6 Å². The van der Waals surface area contributed by atoms with Gasteiger partial charge in [0.25, 0.3) is 5.91 Å². The van der Waals surface area contributed by atoms with E-state index in [2.05, 4.69) is 5.32 Å². The van der Waals surface area contributed by atoms with Crippen molar-refractivity contribution in [1.29, 1.82) is 0 Å². The number of amides is 2. The standard InChI is InChI=1S/C27H24N4O2S/c1-17-12-13-21(18(2)14-17)28-24(32)16-34-27-30-22-11-7-6-10-20(22)25-29-23(26(33)31(25)27)15-19-8-4-3-5-9-19/h3-14,23H,15-16H2,1-2H3,(H,28,32). The second-order valence-corrected chi connectivity index (χ2v) is 9.34. The molecule has 7 heteroatoms. The van der Waals surface area contributed by atoms with Gasteiger partial charge in [0.2, 0.25) is 5.91 Å². The predicted molar refractivity (Wildman–Crippen MR) is 138 cm³/mol. The molecule has 34 heavy (non-hydrogen) atoms. The molecular weight excluding hydrogens is 444 g/mol. The fraction of sp³-hybridized carbons (Fsp3) is 0.185. The summed E-state index contributed by atoms with van der Waals surface area (Å²) in [5, 5.41) is 3.44. The number of fused-ring (bicyclic) bond motifs is 3. The number of rotatable bonds is 5. The summed E-state index contributed by atoms with van der Waals surface area (Å²) in [6.07, 6.45) is 0.521. The summed E-state index contributed by atoms with van der Waals surface area (Å²) >= 11 is 1.25. The van der Waals surface area contributed by atoms with Crippen LogP contribution in [-0.4, -0.2) is 39.5 Å². The lowest BCUT2D eigenvalue weighted by atomic mass is 10.1. The van der Waals surface area contributed by atoms with Crippen LogP contribution < -0.4 is 5.32 Å². The quantitative estimate of drug-likeness (QED) is 0.580. The van der Waals surface area contributed by atoms with Crippen LogP contribution in [0.1, 0.15) is 22.3 Å². The number of benzene rings is 3.